The van der Waals surface area contributed by atoms with Crippen molar-refractivity contribution in [3.8, 4) is 0 Å². The number of aryl methyl sites for hydroxylation is 3. The van der Waals surface area contributed by atoms with Gasteiger partial charge in [0, 0.05) is 5.92 Å². The van der Waals surface area contributed by atoms with Crippen LogP contribution in [0, 0.1) is 25.7 Å². The van der Waals surface area contributed by atoms with Crippen LogP contribution in [-0.2, 0) is 21.6 Å². The highest BCUT2D eigenvalue weighted by Gasteiger charge is 2.43. The fourth-order valence-electron chi connectivity index (χ4n) is 6.93. The molecule has 1 saturated heterocycles. The van der Waals surface area contributed by atoms with E-state index in [-0.39, 0.29) is 5.60 Å². The van der Waals surface area contributed by atoms with Gasteiger partial charge < -0.3 is 4.74 Å². The quantitative estimate of drug-likeness (QED) is 0.378. The van der Waals surface area contributed by atoms with Crippen molar-refractivity contribution in [2.75, 3.05) is 0 Å². The molecular formula is C34H42O2. The van der Waals surface area contributed by atoms with Crippen molar-refractivity contribution >= 4 is 5.78 Å². The lowest BCUT2D eigenvalue weighted by atomic mass is 9.77. The Kier molecular flexibility index (Phi) is 7.62. The van der Waals surface area contributed by atoms with Crippen LogP contribution in [0.4, 0.5) is 0 Å². The monoisotopic (exact) mass is 482 g/mol. The van der Waals surface area contributed by atoms with Crippen LogP contribution in [0.25, 0.3) is 0 Å². The molecule has 1 saturated carbocycles. The molecule has 0 aromatic heterocycles. The first-order valence-corrected chi connectivity index (χ1v) is 14.1. The van der Waals surface area contributed by atoms with Gasteiger partial charge in [-0.05, 0) is 113 Å². The molecule has 5 rings (SSSR count). The third-order valence-electron chi connectivity index (χ3n) is 9.04. The second-order valence-corrected chi connectivity index (χ2v) is 11.7. The summed E-state index contributed by atoms with van der Waals surface area (Å²) in [4.78, 5) is 11.7. The average molecular weight is 483 g/mol. The number of carbonyl (C=O) groups excluding carboxylic acids is 1. The molecule has 1 heterocycles. The summed E-state index contributed by atoms with van der Waals surface area (Å²) in [6.45, 7) is 6.17. The third-order valence-corrected chi connectivity index (χ3v) is 9.04. The third kappa shape index (κ3) is 5.59. The van der Waals surface area contributed by atoms with Gasteiger partial charge in [-0.15, -0.1) is 0 Å². The fraction of sp³-hybridized carbons (Fsp3) is 0.500. The number of hydrogen-bond donors (Lipinski definition) is 0. The van der Waals surface area contributed by atoms with E-state index in [1.165, 1.54) is 27.8 Å². The number of rotatable bonds is 8. The zero-order chi connectivity index (χ0) is 25.1. The number of carbonyl (C=O) groups is 1. The average Bonchev–Trinajstić information content (AvgIpc) is 3.54. The zero-order valence-electron chi connectivity index (χ0n) is 22.3. The highest BCUT2D eigenvalue weighted by molar-refractivity contribution is 5.78. The standard InChI is InChI=1S/C34H42O2/c1-24-8-19-33(25(2)22-24)34(23-28-6-4-5-7-28)21-20-32(36-34)18-11-27-9-12-30(13-10-27)31-16-14-29(15-17-31)26(3)35/h4-10,12-13,19,22,28-29,31-32H,11,14-18,20-21,23H2,1-3H3. The minimum absolute atomic E-state index is 0.186. The summed E-state index contributed by atoms with van der Waals surface area (Å²) in [6, 6.07) is 16.2. The number of ether oxygens (including phenoxy) is 1. The molecule has 190 valence electrons. The van der Waals surface area contributed by atoms with Gasteiger partial charge in [0.25, 0.3) is 0 Å². The van der Waals surface area contributed by atoms with E-state index < -0.39 is 0 Å². The molecule has 2 nitrogen and oxygen atoms in total. The first-order valence-electron chi connectivity index (χ1n) is 14.1. The Bertz CT molecular complexity index is 1100. The Morgan fingerprint density at radius 1 is 0.944 bits per heavy atom. The summed E-state index contributed by atoms with van der Waals surface area (Å²) in [7, 11) is 0. The van der Waals surface area contributed by atoms with Gasteiger partial charge in [-0.25, -0.2) is 0 Å². The fourth-order valence-corrected chi connectivity index (χ4v) is 6.93. The maximum atomic E-state index is 11.7. The van der Waals surface area contributed by atoms with Crippen LogP contribution in [0.15, 0.2) is 66.8 Å². The lowest BCUT2D eigenvalue weighted by Gasteiger charge is -2.33. The molecule has 0 amide bonds. The largest absolute Gasteiger partial charge is 0.367 e. The molecule has 0 radical (unpaired) electrons. The van der Waals surface area contributed by atoms with E-state index >= 15 is 0 Å². The van der Waals surface area contributed by atoms with Gasteiger partial charge in [0.05, 0.1) is 11.7 Å². The highest BCUT2D eigenvalue weighted by atomic mass is 16.5. The lowest BCUT2D eigenvalue weighted by Crippen LogP contribution is -2.30. The molecule has 2 aliphatic carbocycles. The van der Waals surface area contributed by atoms with Crippen molar-refractivity contribution < 1.29 is 9.53 Å². The molecule has 0 bridgehead atoms. The summed E-state index contributed by atoms with van der Waals surface area (Å²) < 4.78 is 6.99. The smallest absolute Gasteiger partial charge is 0.132 e. The molecule has 2 fully saturated rings. The van der Waals surface area contributed by atoms with E-state index in [1.54, 1.807) is 6.92 Å². The molecule has 2 atom stereocenters. The van der Waals surface area contributed by atoms with Crippen molar-refractivity contribution in [3.05, 3.63) is 94.6 Å². The van der Waals surface area contributed by atoms with Crippen LogP contribution in [0.1, 0.15) is 92.0 Å². The van der Waals surface area contributed by atoms with Gasteiger partial charge in [0.2, 0.25) is 0 Å². The molecule has 2 heteroatoms. The predicted octanol–water partition coefficient (Wildman–Crippen LogP) is 8.31. The Morgan fingerprint density at radius 3 is 2.33 bits per heavy atom. The topological polar surface area (TPSA) is 26.3 Å². The van der Waals surface area contributed by atoms with Crippen LogP contribution >= 0.6 is 0 Å². The summed E-state index contributed by atoms with van der Waals surface area (Å²) >= 11 is 0. The maximum absolute atomic E-state index is 11.7. The van der Waals surface area contributed by atoms with Crippen LogP contribution in [0.3, 0.4) is 0 Å². The molecule has 2 unspecified atom stereocenters. The van der Waals surface area contributed by atoms with Crippen LogP contribution < -0.4 is 0 Å². The number of hydrogen-bond acceptors (Lipinski definition) is 2. The number of ketones is 1. The van der Waals surface area contributed by atoms with E-state index in [4.69, 9.17) is 4.74 Å². The first kappa shape index (κ1) is 25.2. The summed E-state index contributed by atoms with van der Waals surface area (Å²) in [5.74, 6) is 1.74. The molecule has 1 aliphatic heterocycles. The molecule has 2 aromatic carbocycles. The molecule has 0 N–H and O–H groups in total. The predicted molar refractivity (Wildman–Crippen MR) is 148 cm³/mol. The molecule has 36 heavy (non-hydrogen) atoms. The number of allylic oxidation sites excluding steroid dienone is 4. The SMILES string of the molecule is CC(=O)C1CCC(c2ccc(CCC3CCC(CC4C=CC=C4)(c4ccc(C)cc4C)O3)cc2)CC1. The molecule has 3 aliphatic rings. The van der Waals surface area contributed by atoms with Crippen molar-refractivity contribution in [1.82, 2.24) is 0 Å². The molecule has 2 aromatic rings. The van der Waals surface area contributed by atoms with E-state index in [2.05, 4.69) is 80.6 Å². The summed E-state index contributed by atoms with van der Waals surface area (Å²) in [6.07, 6.45) is 19.1. The Balaban J connectivity index is 1.21. The first-order chi connectivity index (χ1) is 17.4. The van der Waals surface area contributed by atoms with E-state index in [0.29, 0.717) is 29.6 Å². The van der Waals surface area contributed by atoms with Gasteiger partial charge in [0.1, 0.15) is 5.78 Å². The molecule has 0 spiro atoms. The van der Waals surface area contributed by atoms with E-state index in [9.17, 15) is 4.79 Å². The van der Waals surface area contributed by atoms with Gasteiger partial charge in [-0.1, -0.05) is 72.3 Å². The zero-order valence-corrected chi connectivity index (χ0v) is 22.3. The Hall–Kier alpha value is -2.45. The van der Waals surface area contributed by atoms with E-state index in [0.717, 1.165) is 57.8 Å². The van der Waals surface area contributed by atoms with Gasteiger partial charge in [-0.2, -0.15) is 0 Å². The van der Waals surface area contributed by atoms with Crippen molar-refractivity contribution in [3.63, 3.8) is 0 Å². The van der Waals surface area contributed by atoms with Crippen LogP contribution in [0.5, 0.6) is 0 Å². The Labute approximate surface area is 217 Å². The minimum atomic E-state index is -0.186. The maximum Gasteiger partial charge on any atom is 0.132 e. The number of Topliss-reactive ketones (excluding diaryl/α,β-unsaturated/α-hetero) is 1. The Morgan fingerprint density at radius 2 is 1.67 bits per heavy atom. The van der Waals surface area contributed by atoms with Crippen molar-refractivity contribution in [1.29, 1.82) is 0 Å². The molecular weight excluding hydrogens is 440 g/mol. The normalized spacial score (nSPS) is 28.1. The van der Waals surface area contributed by atoms with Gasteiger partial charge in [-0.3, -0.25) is 4.79 Å². The van der Waals surface area contributed by atoms with Crippen molar-refractivity contribution in [2.24, 2.45) is 11.8 Å². The number of benzene rings is 2. The highest BCUT2D eigenvalue weighted by Crippen LogP contribution is 2.47. The van der Waals surface area contributed by atoms with Crippen LogP contribution in [-0.4, -0.2) is 11.9 Å². The summed E-state index contributed by atoms with van der Waals surface area (Å²) in [5, 5.41) is 0. The second-order valence-electron chi connectivity index (χ2n) is 11.7. The summed E-state index contributed by atoms with van der Waals surface area (Å²) in [5.41, 5.74) is 6.73. The van der Waals surface area contributed by atoms with E-state index in [1.807, 2.05) is 0 Å². The van der Waals surface area contributed by atoms with Gasteiger partial charge >= 0.3 is 0 Å². The van der Waals surface area contributed by atoms with Crippen molar-refractivity contribution in [2.45, 2.75) is 96.2 Å². The lowest BCUT2D eigenvalue weighted by molar-refractivity contribution is -0.121. The van der Waals surface area contributed by atoms with Gasteiger partial charge in [0.15, 0.2) is 0 Å². The minimum Gasteiger partial charge on any atom is -0.367 e. The van der Waals surface area contributed by atoms with Crippen LogP contribution in [0.2, 0.25) is 0 Å². The second kappa shape index (κ2) is 10.9.